The van der Waals surface area contributed by atoms with E-state index in [0.29, 0.717) is 18.0 Å². The third kappa shape index (κ3) is 5.76. The van der Waals surface area contributed by atoms with Crippen molar-refractivity contribution < 1.29 is 9.59 Å². The summed E-state index contributed by atoms with van der Waals surface area (Å²) in [6.07, 6.45) is 10.8. The standard InChI is InChI=1S/C29H36N4O2/c34-28(24-11-10-22-13-17-30-26(22)20-24)32-27(23-6-2-1-3-7-23)29(35)31-16-12-21-14-18-33(19-15-21)25-8-4-5-9-25/h1-3,6-7,10-11,13,17,20-21,25,27,30H,4-5,8-9,12,14-16,18-19H2,(H,31,35)(H,32,34)/t27-/m1/s1. The van der Waals surface area contributed by atoms with Crippen molar-refractivity contribution in [3.8, 4) is 0 Å². The molecule has 1 aliphatic heterocycles. The maximum atomic E-state index is 13.2. The summed E-state index contributed by atoms with van der Waals surface area (Å²) >= 11 is 0. The molecule has 1 aliphatic carbocycles. The zero-order valence-electron chi connectivity index (χ0n) is 20.3. The molecule has 0 spiro atoms. The van der Waals surface area contributed by atoms with E-state index in [9.17, 15) is 9.59 Å². The fourth-order valence-electron chi connectivity index (χ4n) is 5.73. The molecule has 3 aromatic rings. The number of rotatable bonds is 8. The average Bonchev–Trinajstić information content (AvgIpc) is 3.60. The number of fused-ring (bicyclic) bond motifs is 1. The van der Waals surface area contributed by atoms with Gasteiger partial charge in [-0.25, -0.2) is 0 Å². The fourth-order valence-corrected chi connectivity index (χ4v) is 5.73. The van der Waals surface area contributed by atoms with E-state index in [1.807, 2.05) is 54.7 Å². The summed E-state index contributed by atoms with van der Waals surface area (Å²) in [7, 11) is 0. The van der Waals surface area contributed by atoms with Crippen LogP contribution in [-0.4, -0.2) is 47.4 Å². The number of piperidine rings is 1. The molecule has 2 fully saturated rings. The lowest BCUT2D eigenvalue weighted by Gasteiger charge is -2.36. The monoisotopic (exact) mass is 472 g/mol. The van der Waals surface area contributed by atoms with Crippen molar-refractivity contribution in [3.63, 3.8) is 0 Å². The van der Waals surface area contributed by atoms with Gasteiger partial charge in [0.1, 0.15) is 6.04 Å². The van der Waals surface area contributed by atoms with Gasteiger partial charge < -0.3 is 20.5 Å². The van der Waals surface area contributed by atoms with Gasteiger partial charge in [-0.15, -0.1) is 0 Å². The van der Waals surface area contributed by atoms with Crippen LogP contribution in [0.25, 0.3) is 10.9 Å². The number of carbonyl (C=O) groups is 2. The van der Waals surface area contributed by atoms with Crippen LogP contribution in [0.1, 0.15) is 66.9 Å². The Bertz CT molecular complexity index is 1130. The summed E-state index contributed by atoms with van der Waals surface area (Å²) in [6, 6.07) is 17.1. The average molecular weight is 473 g/mol. The van der Waals surface area contributed by atoms with Gasteiger partial charge in [0.05, 0.1) is 0 Å². The van der Waals surface area contributed by atoms with Crippen molar-refractivity contribution in [2.24, 2.45) is 5.92 Å². The van der Waals surface area contributed by atoms with Gasteiger partial charge in [0, 0.05) is 29.9 Å². The summed E-state index contributed by atoms with van der Waals surface area (Å²) in [4.78, 5) is 32.1. The summed E-state index contributed by atoms with van der Waals surface area (Å²) in [5.41, 5.74) is 2.21. The molecule has 2 aromatic carbocycles. The molecule has 2 heterocycles. The first kappa shape index (κ1) is 23.6. The maximum absolute atomic E-state index is 13.2. The highest BCUT2D eigenvalue weighted by molar-refractivity contribution is 6.00. The highest BCUT2D eigenvalue weighted by Crippen LogP contribution is 2.28. The maximum Gasteiger partial charge on any atom is 0.252 e. The number of benzene rings is 2. The molecule has 5 rings (SSSR count). The fraction of sp³-hybridized carbons (Fsp3) is 0.448. The van der Waals surface area contributed by atoms with E-state index in [1.165, 1.54) is 51.6 Å². The number of H-pyrrole nitrogens is 1. The first-order valence-electron chi connectivity index (χ1n) is 13.1. The van der Waals surface area contributed by atoms with Gasteiger partial charge >= 0.3 is 0 Å². The van der Waals surface area contributed by atoms with Gasteiger partial charge in [-0.2, -0.15) is 0 Å². The summed E-state index contributed by atoms with van der Waals surface area (Å²) in [6.45, 7) is 3.02. The first-order chi connectivity index (χ1) is 17.2. The summed E-state index contributed by atoms with van der Waals surface area (Å²) in [5, 5.41) is 7.11. The van der Waals surface area contributed by atoms with Gasteiger partial charge in [-0.05, 0) is 80.3 Å². The van der Waals surface area contributed by atoms with Crippen molar-refractivity contribution in [2.45, 2.75) is 57.0 Å². The quantitative estimate of drug-likeness (QED) is 0.441. The molecule has 184 valence electrons. The topological polar surface area (TPSA) is 77.2 Å². The second-order valence-corrected chi connectivity index (χ2v) is 10.1. The molecule has 1 aromatic heterocycles. The van der Waals surface area contributed by atoms with Gasteiger partial charge in [0.25, 0.3) is 5.91 Å². The number of aromatic nitrogens is 1. The lowest BCUT2D eigenvalue weighted by atomic mass is 9.92. The lowest BCUT2D eigenvalue weighted by molar-refractivity contribution is -0.123. The van der Waals surface area contributed by atoms with Crippen molar-refractivity contribution in [3.05, 3.63) is 71.9 Å². The van der Waals surface area contributed by atoms with E-state index in [2.05, 4.69) is 20.5 Å². The van der Waals surface area contributed by atoms with E-state index in [0.717, 1.165) is 28.9 Å². The zero-order valence-corrected chi connectivity index (χ0v) is 20.3. The van der Waals surface area contributed by atoms with Crippen molar-refractivity contribution in [1.29, 1.82) is 0 Å². The Kier molecular flexibility index (Phi) is 7.48. The molecule has 2 amide bonds. The number of amides is 2. The SMILES string of the molecule is O=C(N[C@@H](C(=O)NCCC1CCN(C2CCCC2)CC1)c1ccccc1)c1ccc2cc[nH]c2c1. The first-order valence-corrected chi connectivity index (χ1v) is 13.1. The molecule has 1 saturated heterocycles. The summed E-state index contributed by atoms with van der Waals surface area (Å²) in [5.74, 6) is 0.240. The van der Waals surface area contributed by atoms with Crippen LogP contribution in [0.2, 0.25) is 0 Å². The molecule has 0 bridgehead atoms. The largest absolute Gasteiger partial charge is 0.361 e. The number of aromatic amines is 1. The third-order valence-corrected chi connectivity index (χ3v) is 7.83. The molecule has 6 heteroatoms. The van der Waals surface area contributed by atoms with Crippen LogP contribution in [0, 0.1) is 5.92 Å². The zero-order chi connectivity index (χ0) is 24.0. The number of carbonyl (C=O) groups excluding carboxylic acids is 2. The molecule has 35 heavy (non-hydrogen) atoms. The molecule has 1 atom stereocenters. The van der Waals surface area contributed by atoms with E-state index in [4.69, 9.17) is 0 Å². The Morgan fingerprint density at radius 1 is 0.971 bits per heavy atom. The van der Waals surface area contributed by atoms with E-state index >= 15 is 0 Å². The number of hydrogen-bond acceptors (Lipinski definition) is 3. The Morgan fingerprint density at radius 3 is 2.51 bits per heavy atom. The molecular weight excluding hydrogens is 436 g/mol. The van der Waals surface area contributed by atoms with E-state index < -0.39 is 6.04 Å². The minimum Gasteiger partial charge on any atom is -0.361 e. The van der Waals surface area contributed by atoms with E-state index in [1.54, 1.807) is 6.07 Å². The van der Waals surface area contributed by atoms with Gasteiger partial charge in [-0.3, -0.25) is 9.59 Å². The second-order valence-electron chi connectivity index (χ2n) is 10.1. The molecule has 1 saturated carbocycles. The smallest absolute Gasteiger partial charge is 0.252 e. The van der Waals surface area contributed by atoms with Crippen LogP contribution in [0.15, 0.2) is 60.8 Å². The van der Waals surface area contributed by atoms with Crippen LogP contribution in [-0.2, 0) is 4.79 Å². The van der Waals surface area contributed by atoms with Crippen LogP contribution in [0.4, 0.5) is 0 Å². The number of likely N-dealkylation sites (tertiary alicyclic amines) is 1. The molecule has 0 radical (unpaired) electrons. The lowest BCUT2D eigenvalue weighted by Crippen LogP contribution is -2.42. The summed E-state index contributed by atoms with van der Waals surface area (Å²) < 4.78 is 0. The van der Waals surface area contributed by atoms with Crippen LogP contribution >= 0.6 is 0 Å². The van der Waals surface area contributed by atoms with Crippen LogP contribution in [0.5, 0.6) is 0 Å². The van der Waals surface area contributed by atoms with Crippen LogP contribution in [0.3, 0.4) is 0 Å². The molecular formula is C29H36N4O2. The minimum atomic E-state index is -0.729. The highest BCUT2D eigenvalue weighted by Gasteiger charge is 2.28. The Morgan fingerprint density at radius 2 is 1.74 bits per heavy atom. The highest BCUT2D eigenvalue weighted by atomic mass is 16.2. The van der Waals surface area contributed by atoms with Gasteiger partial charge in [-0.1, -0.05) is 49.2 Å². The Hall–Kier alpha value is -3.12. The number of nitrogens with zero attached hydrogens (tertiary/aromatic N) is 1. The van der Waals surface area contributed by atoms with Crippen molar-refractivity contribution in [1.82, 2.24) is 20.5 Å². The van der Waals surface area contributed by atoms with Crippen molar-refractivity contribution in [2.75, 3.05) is 19.6 Å². The predicted molar refractivity (Wildman–Crippen MR) is 139 cm³/mol. The van der Waals surface area contributed by atoms with Gasteiger partial charge in [0.15, 0.2) is 0 Å². The third-order valence-electron chi connectivity index (χ3n) is 7.83. The molecule has 2 aliphatic rings. The predicted octanol–water partition coefficient (Wildman–Crippen LogP) is 4.80. The molecule has 0 unspecified atom stereocenters. The second kappa shape index (κ2) is 11.1. The van der Waals surface area contributed by atoms with Crippen LogP contribution < -0.4 is 10.6 Å². The normalized spacial score (nSPS) is 18.5. The molecule has 3 N–H and O–H groups in total. The Labute approximate surface area is 207 Å². The number of nitrogens with one attached hydrogen (secondary N) is 3. The van der Waals surface area contributed by atoms with E-state index in [-0.39, 0.29) is 11.8 Å². The Balaban J connectivity index is 1.16. The van der Waals surface area contributed by atoms with Crippen molar-refractivity contribution >= 4 is 22.7 Å². The van der Waals surface area contributed by atoms with Gasteiger partial charge in [0.2, 0.25) is 5.91 Å². The minimum absolute atomic E-state index is 0.158. The molecule has 6 nitrogen and oxygen atoms in total. The number of hydrogen-bond donors (Lipinski definition) is 3.